The molecule has 0 fully saturated rings. The van der Waals surface area contributed by atoms with Gasteiger partial charge >= 0.3 is 0 Å². The molecule has 0 amide bonds. The molecule has 0 bridgehead atoms. The summed E-state index contributed by atoms with van der Waals surface area (Å²) in [7, 11) is 2.91. The minimum Gasteiger partial charge on any atom is -0.386 e. The van der Waals surface area contributed by atoms with E-state index in [4.69, 9.17) is 14.6 Å². The van der Waals surface area contributed by atoms with E-state index in [0.29, 0.717) is 0 Å². The number of rotatable bonds is 7. The van der Waals surface area contributed by atoms with Gasteiger partial charge in [0.15, 0.2) is 6.29 Å². The van der Waals surface area contributed by atoms with E-state index in [1.807, 2.05) is 0 Å². The van der Waals surface area contributed by atoms with Gasteiger partial charge in [-0.2, -0.15) is 0 Å². The predicted octanol–water partition coefficient (Wildman–Crippen LogP) is 0.209. The van der Waals surface area contributed by atoms with Crippen LogP contribution in [0.4, 0.5) is 8.78 Å². The lowest BCUT2D eigenvalue weighted by atomic mass is 10.3. The van der Waals surface area contributed by atoms with Crippen LogP contribution in [0.15, 0.2) is 0 Å². The number of alkyl halides is 2. The summed E-state index contributed by atoms with van der Waals surface area (Å²) in [6.45, 7) is 1.53. The molecule has 14 heavy (non-hydrogen) atoms. The number of hydrogen-bond acceptors (Lipinski definition) is 4. The van der Waals surface area contributed by atoms with Crippen molar-refractivity contribution in [1.29, 1.82) is 0 Å². The lowest BCUT2D eigenvalue weighted by Crippen LogP contribution is -2.44. The van der Waals surface area contributed by atoms with Crippen molar-refractivity contribution in [2.75, 3.05) is 20.8 Å². The fraction of sp³-hybridized carbons (Fsp3) is 1.00. The first kappa shape index (κ1) is 13.7. The van der Waals surface area contributed by atoms with Gasteiger partial charge in [0.05, 0.1) is 6.04 Å². The molecule has 0 rings (SSSR count). The SMILES string of the molecule is COC(OC)C(C)NCC(O)C(F)F. The quantitative estimate of drug-likeness (QED) is 0.593. The number of aliphatic hydroxyl groups is 1. The summed E-state index contributed by atoms with van der Waals surface area (Å²) in [5.41, 5.74) is 0. The van der Waals surface area contributed by atoms with Crippen molar-refractivity contribution in [3.63, 3.8) is 0 Å². The maximum absolute atomic E-state index is 11.9. The van der Waals surface area contributed by atoms with E-state index in [2.05, 4.69) is 5.32 Å². The van der Waals surface area contributed by atoms with E-state index < -0.39 is 18.8 Å². The van der Waals surface area contributed by atoms with Crippen LogP contribution in [0.1, 0.15) is 6.92 Å². The van der Waals surface area contributed by atoms with Crippen molar-refractivity contribution in [3.05, 3.63) is 0 Å². The van der Waals surface area contributed by atoms with Crippen LogP contribution in [0.25, 0.3) is 0 Å². The van der Waals surface area contributed by atoms with E-state index in [9.17, 15) is 8.78 Å². The van der Waals surface area contributed by atoms with Crippen molar-refractivity contribution < 1.29 is 23.4 Å². The summed E-state index contributed by atoms with van der Waals surface area (Å²) in [4.78, 5) is 0. The Balaban J connectivity index is 3.77. The first-order valence-corrected chi connectivity index (χ1v) is 4.28. The molecule has 86 valence electrons. The molecular weight excluding hydrogens is 196 g/mol. The molecule has 6 heteroatoms. The zero-order chi connectivity index (χ0) is 11.1. The zero-order valence-electron chi connectivity index (χ0n) is 8.54. The van der Waals surface area contributed by atoms with Gasteiger partial charge in [-0.3, -0.25) is 0 Å². The van der Waals surface area contributed by atoms with Gasteiger partial charge < -0.3 is 19.9 Å². The van der Waals surface area contributed by atoms with Crippen LogP contribution in [-0.2, 0) is 9.47 Å². The summed E-state index contributed by atoms with van der Waals surface area (Å²) in [6, 6.07) is -0.265. The third-order valence-electron chi connectivity index (χ3n) is 1.81. The van der Waals surface area contributed by atoms with Crippen molar-refractivity contribution in [2.45, 2.75) is 31.8 Å². The summed E-state index contributed by atoms with van der Waals surface area (Å²) >= 11 is 0. The number of nitrogens with one attached hydrogen (secondary N) is 1. The minimum atomic E-state index is -2.74. The molecule has 0 radical (unpaired) electrons. The fourth-order valence-electron chi connectivity index (χ4n) is 0.996. The second kappa shape index (κ2) is 7.05. The maximum Gasteiger partial charge on any atom is 0.265 e. The first-order valence-electron chi connectivity index (χ1n) is 4.28. The third kappa shape index (κ3) is 4.80. The molecule has 0 aromatic carbocycles. The smallest absolute Gasteiger partial charge is 0.265 e. The highest BCUT2D eigenvalue weighted by atomic mass is 19.3. The number of methoxy groups -OCH3 is 2. The molecule has 2 unspecified atom stereocenters. The van der Waals surface area contributed by atoms with Gasteiger partial charge in [-0.15, -0.1) is 0 Å². The molecule has 0 aliphatic carbocycles. The second-order valence-corrected chi connectivity index (χ2v) is 2.94. The molecule has 2 atom stereocenters. The van der Waals surface area contributed by atoms with Gasteiger partial charge in [0.1, 0.15) is 6.10 Å². The highest BCUT2D eigenvalue weighted by Gasteiger charge is 2.20. The average Bonchev–Trinajstić information content (AvgIpc) is 2.15. The maximum atomic E-state index is 11.9. The molecule has 0 aliphatic rings. The number of halogens is 2. The molecule has 0 saturated heterocycles. The average molecular weight is 213 g/mol. The highest BCUT2D eigenvalue weighted by molar-refractivity contribution is 4.69. The molecule has 4 nitrogen and oxygen atoms in total. The van der Waals surface area contributed by atoms with E-state index in [-0.39, 0.29) is 12.6 Å². The van der Waals surface area contributed by atoms with Gasteiger partial charge in [0.25, 0.3) is 6.43 Å². The Hall–Kier alpha value is -0.300. The molecule has 0 aliphatic heterocycles. The summed E-state index contributed by atoms with van der Waals surface area (Å²) in [5, 5.41) is 11.5. The van der Waals surface area contributed by atoms with Crippen LogP contribution in [0.2, 0.25) is 0 Å². The Labute approximate surface area is 82.2 Å². The van der Waals surface area contributed by atoms with E-state index in [1.165, 1.54) is 14.2 Å². The number of hydrogen-bond donors (Lipinski definition) is 2. The van der Waals surface area contributed by atoms with Crippen LogP contribution < -0.4 is 5.32 Å². The van der Waals surface area contributed by atoms with Gasteiger partial charge in [-0.05, 0) is 6.92 Å². The first-order chi connectivity index (χ1) is 6.52. The highest BCUT2D eigenvalue weighted by Crippen LogP contribution is 2.02. The summed E-state index contributed by atoms with van der Waals surface area (Å²) in [6.07, 6.45) is -4.91. The van der Waals surface area contributed by atoms with Crippen LogP contribution >= 0.6 is 0 Å². The standard InChI is InChI=1S/C8H17F2NO3/c1-5(8(13-2)14-3)11-4-6(12)7(9)10/h5-8,11-12H,4H2,1-3H3. The molecule has 0 heterocycles. The largest absolute Gasteiger partial charge is 0.386 e. The van der Waals surface area contributed by atoms with Gasteiger partial charge in [-0.25, -0.2) is 8.78 Å². The van der Waals surface area contributed by atoms with Gasteiger partial charge in [-0.1, -0.05) is 0 Å². The van der Waals surface area contributed by atoms with Crippen molar-refractivity contribution in [3.8, 4) is 0 Å². The van der Waals surface area contributed by atoms with E-state index in [1.54, 1.807) is 6.92 Å². The van der Waals surface area contributed by atoms with Crippen molar-refractivity contribution in [1.82, 2.24) is 5.32 Å². The molecule has 0 spiro atoms. The topological polar surface area (TPSA) is 50.7 Å². The fourth-order valence-corrected chi connectivity index (χ4v) is 0.996. The molecule has 2 N–H and O–H groups in total. The predicted molar refractivity (Wildman–Crippen MR) is 47.3 cm³/mol. The Kier molecular flexibility index (Phi) is 6.90. The van der Waals surface area contributed by atoms with Gasteiger partial charge in [0.2, 0.25) is 0 Å². The van der Waals surface area contributed by atoms with Crippen LogP contribution in [0, 0.1) is 0 Å². The van der Waals surface area contributed by atoms with E-state index in [0.717, 1.165) is 0 Å². The lowest BCUT2D eigenvalue weighted by Gasteiger charge is -2.23. The second-order valence-electron chi connectivity index (χ2n) is 2.94. The van der Waals surface area contributed by atoms with Crippen LogP contribution in [0.3, 0.4) is 0 Å². The van der Waals surface area contributed by atoms with Gasteiger partial charge in [0, 0.05) is 20.8 Å². The number of ether oxygens (including phenoxy) is 2. The molecule has 0 aromatic rings. The molecular formula is C8H17F2NO3. The minimum absolute atomic E-state index is 0.192. The van der Waals surface area contributed by atoms with Crippen LogP contribution in [0.5, 0.6) is 0 Å². The van der Waals surface area contributed by atoms with Crippen molar-refractivity contribution in [2.24, 2.45) is 0 Å². The Morgan fingerprint density at radius 2 is 1.79 bits per heavy atom. The Bertz CT molecular complexity index is 145. The summed E-state index contributed by atoms with van der Waals surface area (Å²) < 4.78 is 33.6. The molecule has 0 saturated carbocycles. The third-order valence-corrected chi connectivity index (χ3v) is 1.81. The Morgan fingerprint density at radius 3 is 2.14 bits per heavy atom. The van der Waals surface area contributed by atoms with Crippen molar-refractivity contribution >= 4 is 0 Å². The van der Waals surface area contributed by atoms with E-state index >= 15 is 0 Å². The van der Waals surface area contributed by atoms with Crippen LogP contribution in [-0.4, -0.2) is 50.7 Å². The number of aliphatic hydroxyl groups excluding tert-OH is 1. The normalized spacial score (nSPS) is 16.3. The summed E-state index contributed by atoms with van der Waals surface area (Å²) in [5.74, 6) is 0. The monoisotopic (exact) mass is 213 g/mol. The molecule has 0 aromatic heterocycles. The lowest BCUT2D eigenvalue weighted by molar-refractivity contribution is -0.121. The zero-order valence-corrected chi connectivity index (χ0v) is 8.54. The Morgan fingerprint density at radius 1 is 1.29 bits per heavy atom.